The fourth-order valence-corrected chi connectivity index (χ4v) is 2.29. The molecule has 0 spiro atoms. The number of ether oxygens (including phenoxy) is 1. The smallest absolute Gasteiger partial charge is 0.326 e. The highest BCUT2D eigenvalue weighted by Crippen LogP contribution is 2.12. The van der Waals surface area contributed by atoms with Crippen molar-refractivity contribution in [3.63, 3.8) is 0 Å². The number of nitrogens with one attached hydrogen (secondary N) is 2. The van der Waals surface area contributed by atoms with E-state index in [2.05, 4.69) is 10.6 Å². The Labute approximate surface area is 151 Å². The monoisotopic (exact) mass is 356 g/mol. The van der Waals surface area contributed by atoms with E-state index >= 15 is 0 Å². The average molecular weight is 356 g/mol. The van der Waals surface area contributed by atoms with E-state index in [-0.39, 0.29) is 13.0 Å². The topological polar surface area (TPSA) is 105 Å². The molecule has 0 bridgehead atoms. The zero-order chi connectivity index (χ0) is 18.9. The Bertz CT molecular complexity index is 759. The lowest BCUT2D eigenvalue weighted by Gasteiger charge is -2.15. The highest BCUT2D eigenvalue weighted by molar-refractivity contribution is 5.96. The molecule has 7 heteroatoms. The maximum absolute atomic E-state index is 12.0. The summed E-state index contributed by atoms with van der Waals surface area (Å²) in [5, 5.41) is 14.2. The van der Waals surface area contributed by atoms with Gasteiger partial charge in [-0.05, 0) is 29.8 Å². The quantitative estimate of drug-likeness (QED) is 0.660. The molecular formula is C19H20N2O5. The lowest BCUT2D eigenvalue weighted by atomic mass is 10.1. The van der Waals surface area contributed by atoms with Gasteiger partial charge in [0.1, 0.15) is 11.8 Å². The van der Waals surface area contributed by atoms with E-state index < -0.39 is 23.8 Å². The van der Waals surface area contributed by atoms with Crippen molar-refractivity contribution in [2.75, 3.05) is 13.7 Å². The SMILES string of the molecule is COc1ccc(C[C@@H](NC(=O)CNC(=O)c2ccccc2)C(=O)O)cc1. The molecule has 0 radical (unpaired) electrons. The number of rotatable bonds is 8. The summed E-state index contributed by atoms with van der Waals surface area (Å²) in [5.41, 5.74) is 1.17. The summed E-state index contributed by atoms with van der Waals surface area (Å²) in [7, 11) is 1.54. The molecular weight excluding hydrogens is 336 g/mol. The van der Waals surface area contributed by atoms with Crippen molar-refractivity contribution in [3.8, 4) is 5.75 Å². The summed E-state index contributed by atoms with van der Waals surface area (Å²) in [6.45, 7) is -0.305. The van der Waals surface area contributed by atoms with E-state index in [1.807, 2.05) is 0 Å². The second-order valence-corrected chi connectivity index (χ2v) is 5.56. The summed E-state index contributed by atoms with van der Waals surface area (Å²) in [5.74, 6) is -1.46. The number of carbonyl (C=O) groups excluding carboxylic acids is 2. The van der Waals surface area contributed by atoms with Crippen molar-refractivity contribution in [3.05, 3.63) is 65.7 Å². The van der Waals surface area contributed by atoms with Gasteiger partial charge in [0.05, 0.1) is 13.7 Å². The summed E-state index contributed by atoms with van der Waals surface area (Å²) < 4.78 is 5.05. The Kier molecular flexibility index (Phi) is 6.73. The summed E-state index contributed by atoms with van der Waals surface area (Å²) in [6, 6.07) is 14.3. The molecule has 2 amide bonds. The van der Waals surface area contributed by atoms with Crippen LogP contribution in [-0.2, 0) is 16.0 Å². The van der Waals surface area contributed by atoms with Gasteiger partial charge in [-0.3, -0.25) is 9.59 Å². The number of methoxy groups -OCH3 is 1. The fraction of sp³-hybridized carbons (Fsp3) is 0.211. The number of amides is 2. The fourth-order valence-electron chi connectivity index (χ4n) is 2.29. The van der Waals surface area contributed by atoms with Crippen LogP contribution < -0.4 is 15.4 Å². The van der Waals surface area contributed by atoms with Crippen molar-refractivity contribution in [2.24, 2.45) is 0 Å². The minimum atomic E-state index is -1.15. The first-order valence-electron chi connectivity index (χ1n) is 7.98. The van der Waals surface area contributed by atoms with E-state index in [9.17, 15) is 19.5 Å². The third kappa shape index (κ3) is 5.62. The van der Waals surface area contributed by atoms with Gasteiger partial charge in [0.25, 0.3) is 5.91 Å². The number of hydrogen-bond donors (Lipinski definition) is 3. The van der Waals surface area contributed by atoms with Crippen LogP contribution in [0.15, 0.2) is 54.6 Å². The number of benzene rings is 2. The third-order valence-electron chi connectivity index (χ3n) is 3.68. The minimum Gasteiger partial charge on any atom is -0.497 e. The Balaban J connectivity index is 1.88. The summed E-state index contributed by atoms with van der Waals surface area (Å²) >= 11 is 0. The van der Waals surface area contributed by atoms with Gasteiger partial charge >= 0.3 is 5.97 Å². The summed E-state index contributed by atoms with van der Waals surface area (Å²) in [4.78, 5) is 35.3. The van der Waals surface area contributed by atoms with Crippen LogP contribution in [0.25, 0.3) is 0 Å². The lowest BCUT2D eigenvalue weighted by molar-refractivity contribution is -0.141. The predicted octanol–water partition coefficient (Wildman–Crippen LogP) is 1.24. The van der Waals surface area contributed by atoms with E-state index in [0.717, 1.165) is 5.56 Å². The first kappa shape index (κ1) is 19.0. The highest BCUT2D eigenvalue weighted by Gasteiger charge is 2.20. The van der Waals surface area contributed by atoms with Crippen LogP contribution in [0.5, 0.6) is 5.75 Å². The second kappa shape index (κ2) is 9.22. The highest BCUT2D eigenvalue weighted by atomic mass is 16.5. The molecule has 7 nitrogen and oxygen atoms in total. The molecule has 0 aliphatic rings. The Morgan fingerprint density at radius 1 is 1.04 bits per heavy atom. The maximum Gasteiger partial charge on any atom is 0.326 e. The van der Waals surface area contributed by atoms with E-state index in [0.29, 0.717) is 11.3 Å². The molecule has 1 atom stereocenters. The van der Waals surface area contributed by atoms with E-state index in [1.54, 1.807) is 61.7 Å². The molecule has 2 rings (SSSR count). The number of carboxylic acids is 1. The number of hydrogen-bond acceptors (Lipinski definition) is 4. The van der Waals surface area contributed by atoms with Crippen molar-refractivity contribution in [2.45, 2.75) is 12.5 Å². The molecule has 0 saturated carbocycles. The van der Waals surface area contributed by atoms with Gasteiger partial charge in [0, 0.05) is 12.0 Å². The van der Waals surface area contributed by atoms with Crippen molar-refractivity contribution in [1.29, 1.82) is 0 Å². The normalized spacial score (nSPS) is 11.3. The molecule has 0 aliphatic heterocycles. The lowest BCUT2D eigenvalue weighted by Crippen LogP contribution is -2.46. The van der Waals surface area contributed by atoms with E-state index in [4.69, 9.17) is 4.74 Å². The van der Waals surface area contributed by atoms with Crippen LogP contribution in [0.2, 0.25) is 0 Å². The maximum atomic E-state index is 12.0. The van der Waals surface area contributed by atoms with Crippen LogP contribution in [-0.4, -0.2) is 42.6 Å². The van der Waals surface area contributed by atoms with Gasteiger partial charge < -0.3 is 20.5 Å². The molecule has 136 valence electrons. The molecule has 26 heavy (non-hydrogen) atoms. The first-order chi connectivity index (χ1) is 12.5. The minimum absolute atomic E-state index is 0.123. The second-order valence-electron chi connectivity index (χ2n) is 5.56. The predicted molar refractivity (Wildman–Crippen MR) is 95.0 cm³/mol. The van der Waals surface area contributed by atoms with Gasteiger partial charge in [-0.2, -0.15) is 0 Å². The van der Waals surface area contributed by atoms with Gasteiger partial charge in [-0.1, -0.05) is 30.3 Å². The third-order valence-corrected chi connectivity index (χ3v) is 3.68. The first-order valence-corrected chi connectivity index (χ1v) is 7.98. The summed E-state index contributed by atoms with van der Waals surface area (Å²) in [6.07, 6.45) is 0.123. The number of carboxylic acid groups (broad SMARTS) is 1. The zero-order valence-electron chi connectivity index (χ0n) is 14.3. The molecule has 0 fully saturated rings. The molecule has 0 heterocycles. The van der Waals surface area contributed by atoms with Gasteiger partial charge in [-0.25, -0.2) is 4.79 Å². The standard InChI is InChI=1S/C19H20N2O5/c1-26-15-9-7-13(8-10-15)11-16(19(24)25)21-17(22)12-20-18(23)14-5-3-2-4-6-14/h2-10,16H,11-12H2,1H3,(H,20,23)(H,21,22)(H,24,25)/t16-/m1/s1. The average Bonchev–Trinajstić information content (AvgIpc) is 2.66. The van der Waals surface area contributed by atoms with Crippen LogP contribution in [0.3, 0.4) is 0 Å². The van der Waals surface area contributed by atoms with Crippen LogP contribution >= 0.6 is 0 Å². The molecule has 0 aliphatic carbocycles. The largest absolute Gasteiger partial charge is 0.497 e. The molecule has 0 unspecified atom stereocenters. The van der Waals surface area contributed by atoms with E-state index in [1.165, 1.54) is 0 Å². The zero-order valence-corrected chi connectivity index (χ0v) is 14.3. The van der Waals surface area contributed by atoms with Crippen molar-refractivity contribution in [1.82, 2.24) is 10.6 Å². The molecule has 0 saturated heterocycles. The number of carbonyl (C=O) groups is 3. The van der Waals surface area contributed by atoms with Crippen LogP contribution in [0, 0.1) is 0 Å². The molecule has 2 aromatic rings. The van der Waals surface area contributed by atoms with Crippen LogP contribution in [0.4, 0.5) is 0 Å². The van der Waals surface area contributed by atoms with Crippen molar-refractivity contribution < 1.29 is 24.2 Å². The molecule has 0 aromatic heterocycles. The van der Waals surface area contributed by atoms with Crippen LogP contribution in [0.1, 0.15) is 15.9 Å². The van der Waals surface area contributed by atoms with Crippen molar-refractivity contribution >= 4 is 17.8 Å². The molecule has 3 N–H and O–H groups in total. The molecule has 2 aromatic carbocycles. The number of aliphatic carboxylic acids is 1. The Hall–Kier alpha value is -3.35. The Morgan fingerprint density at radius 3 is 2.27 bits per heavy atom. The van der Waals surface area contributed by atoms with Gasteiger partial charge in [-0.15, -0.1) is 0 Å². The van der Waals surface area contributed by atoms with Gasteiger partial charge in [0.15, 0.2) is 0 Å². The van der Waals surface area contributed by atoms with Gasteiger partial charge in [0.2, 0.25) is 5.91 Å². The Morgan fingerprint density at radius 2 is 1.69 bits per heavy atom.